The Hall–Kier alpha value is -1.64. The lowest BCUT2D eigenvalue weighted by Crippen LogP contribution is -2.27. The molecule has 9 heteroatoms. The molecule has 1 aliphatic heterocycles. The number of aryl methyl sites for hydroxylation is 2. The maximum Gasteiger partial charge on any atom is 0.246 e. The van der Waals surface area contributed by atoms with Gasteiger partial charge in [-0.05, 0) is 18.9 Å². The minimum atomic E-state index is -3.78. The Bertz CT molecular complexity index is 810. The number of nitrogen functional groups attached to an aromatic ring is 1. The fourth-order valence-electron chi connectivity index (χ4n) is 2.67. The molecule has 0 unspecified atom stereocenters. The molecule has 0 fully saturated rings. The van der Waals surface area contributed by atoms with Crippen LogP contribution < -0.4 is 5.73 Å². The lowest BCUT2D eigenvalue weighted by molar-refractivity contribution is 0.462. The van der Waals surface area contributed by atoms with Crippen LogP contribution in [0.25, 0.3) is 0 Å². The summed E-state index contributed by atoms with van der Waals surface area (Å²) < 4.78 is 28.6. The third-order valence-electron chi connectivity index (χ3n) is 3.88. The van der Waals surface area contributed by atoms with Gasteiger partial charge in [0.25, 0.3) is 0 Å². The second kappa shape index (κ2) is 6.10. The Morgan fingerprint density at radius 1 is 1.43 bits per heavy atom. The number of fused-ring (bicyclic) bond motifs is 1. The van der Waals surface area contributed by atoms with Gasteiger partial charge in [-0.1, -0.05) is 11.6 Å². The molecule has 0 amide bonds. The van der Waals surface area contributed by atoms with Gasteiger partial charge in [-0.25, -0.2) is 18.4 Å². The molecular weight excluding hydrogens is 338 g/mol. The van der Waals surface area contributed by atoms with Gasteiger partial charge in [0.15, 0.2) is 0 Å². The van der Waals surface area contributed by atoms with Crippen molar-refractivity contribution in [2.45, 2.75) is 37.2 Å². The molecule has 3 rings (SSSR count). The standard InChI is InChI=1S/C14H18ClN5O2S/c1-19(8-11-9-20-5-3-2-4-13(20)18-11)23(21,22)12-6-10(15)7-17-14(12)16/h6-7,9H,2-5,8H2,1H3,(H2,16,17). The predicted octanol–water partition coefficient (Wildman–Crippen LogP) is 1.67. The lowest BCUT2D eigenvalue weighted by Gasteiger charge is -2.17. The highest BCUT2D eigenvalue weighted by molar-refractivity contribution is 7.89. The molecule has 0 aliphatic carbocycles. The average molecular weight is 356 g/mol. The van der Waals surface area contributed by atoms with Crippen molar-refractivity contribution >= 4 is 27.4 Å². The first-order chi connectivity index (χ1) is 10.9. The third kappa shape index (κ3) is 3.19. The molecule has 23 heavy (non-hydrogen) atoms. The van der Waals surface area contributed by atoms with E-state index in [0.717, 1.165) is 37.3 Å². The van der Waals surface area contributed by atoms with Crippen molar-refractivity contribution < 1.29 is 8.42 Å². The molecule has 2 aromatic heterocycles. The van der Waals surface area contributed by atoms with Gasteiger partial charge in [-0.2, -0.15) is 4.31 Å². The van der Waals surface area contributed by atoms with Crippen molar-refractivity contribution in [3.63, 3.8) is 0 Å². The van der Waals surface area contributed by atoms with E-state index in [9.17, 15) is 8.42 Å². The molecule has 0 bridgehead atoms. The fraction of sp³-hybridized carbons (Fsp3) is 0.429. The van der Waals surface area contributed by atoms with Crippen molar-refractivity contribution in [2.75, 3.05) is 12.8 Å². The number of nitrogens with two attached hydrogens (primary N) is 1. The van der Waals surface area contributed by atoms with E-state index in [-0.39, 0.29) is 22.3 Å². The lowest BCUT2D eigenvalue weighted by atomic mass is 10.2. The van der Waals surface area contributed by atoms with Gasteiger partial charge in [0.2, 0.25) is 10.0 Å². The number of halogens is 1. The second-order valence-corrected chi connectivity index (χ2v) is 8.05. The number of nitrogens with zero attached hydrogens (tertiary/aromatic N) is 4. The summed E-state index contributed by atoms with van der Waals surface area (Å²) >= 11 is 5.84. The number of hydrogen-bond donors (Lipinski definition) is 1. The minimum Gasteiger partial charge on any atom is -0.383 e. The quantitative estimate of drug-likeness (QED) is 0.900. The molecule has 2 aromatic rings. The highest BCUT2D eigenvalue weighted by atomic mass is 35.5. The zero-order chi connectivity index (χ0) is 16.6. The fourth-order valence-corrected chi connectivity index (χ4v) is 4.12. The topological polar surface area (TPSA) is 94.1 Å². The molecule has 0 spiro atoms. The van der Waals surface area contributed by atoms with Crippen LogP contribution in [0.4, 0.5) is 5.82 Å². The van der Waals surface area contributed by atoms with Crippen LogP contribution in [0.5, 0.6) is 0 Å². The Morgan fingerprint density at radius 2 is 2.22 bits per heavy atom. The van der Waals surface area contributed by atoms with E-state index in [1.165, 1.54) is 23.6 Å². The summed E-state index contributed by atoms with van der Waals surface area (Å²) in [5.74, 6) is 0.950. The normalized spacial score (nSPS) is 14.9. The first-order valence-corrected chi connectivity index (χ1v) is 9.12. The van der Waals surface area contributed by atoms with Gasteiger partial charge in [0.05, 0.1) is 17.3 Å². The van der Waals surface area contributed by atoms with Crippen LogP contribution in [-0.2, 0) is 29.5 Å². The van der Waals surface area contributed by atoms with Crippen LogP contribution in [-0.4, -0.2) is 34.3 Å². The molecule has 0 radical (unpaired) electrons. The van der Waals surface area contributed by atoms with Crippen LogP contribution in [0.1, 0.15) is 24.4 Å². The number of imidazole rings is 1. The van der Waals surface area contributed by atoms with Gasteiger partial charge in [-0.15, -0.1) is 0 Å². The average Bonchev–Trinajstić information content (AvgIpc) is 2.91. The zero-order valence-corrected chi connectivity index (χ0v) is 14.3. The van der Waals surface area contributed by atoms with Crippen molar-refractivity contribution in [3.8, 4) is 0 Å². The van der Waals surface area contributed by atoms with Crippen LogP contribution in [0.3, 0.4) is 0 Å². The summed E-state index contributed by atoms with van der Waals surface area (Å²) in [6.07, 6.45) is 6.41. The minimum absolute atomic E-state index is 0.0645. The van der Waals surface area contributed by atoms with E-state index < -0.39 is 10.0 Å². The molecular formula is C14H18ClN5O2S. The van der Waals surface area contributed by atoms with Gasteiger partial charge in [0, 0.05) is 32.4 Å². The summed E-state index contributed by atoms with van der Waals surface area (Å²) in [5, 5.41) is 0.226. The van der Waals surface area contributed by atoms with Crippen molar-refractivity contribution in [3.05, 3.63) is 35.0 Å². The van der Waals surface area contributed by atoms with Gasteiger partial charge >= 0.3 is 0 Å². The van der Waals surface area contributed by atoms with E-state index in [0.29, 0.717) is 0 Å². The molecule has 0 aromatic carbocycles. The number of rotatable bonds is 4. The van der Waals surface area contributed by atoms with E-state index in [4.69, 9.17) is 17.3 Å². The van der Waals surface area contributed by atoms with E-state index in [1.807, 2.05) is 6.20 Å². The van der Waals surface area contributed by atoms with Gasteiger partial charge in [-0.3, -0.25) is 0 Å². The van der Waals surface area contributed by atoms with Crippen LogP contribution in [0.15, 0.2) is 23.4 Å². The maximum absolute atomic E-state index is 12.7. The summed E-state index contributed by atoms with van der Waals surface area (Å²) in [5.41, 5.74) is 6.41. The van der Waals surface area contributed by atoms with Crippen molar-refractivity contribution in [2.24, 2.45) is 0 Å². The summed E-state index contributed by atoms with van der Waals surface area (Å²) in [4.78, 5) is 8.24. The maximum atomic E-state index is 12.7. The summed E-state index contributed by atoms with van der Waals surface area (Å²) in [6.45, 7) is 1.11. The van der Waals surface area contributed by atoms with Gasteiger partial charge in [0.1, 0.15) is 16.5 Å². The Kier molecular flexibility index (Phi) is 4.31. The largest absolute Gasteiger partial charge is 0.383 e. The first-order valence-electron chi connectivity index (χ1n) is 7.30. The second-order valence-electron chi connectivity index (χ2n) is 5.60. The molecule has 3 heterocycles. The number of hydrogen-bond acceptors (Lipinski definition) is 5. The number of aromatic nitrogens is 3. The predicted molar refractivity (Wildman–Crippen MR) is 87.5 cm³/mol. The molecule has 2 N–H and O–H groups in total. The van der Waals surface area contributed by atoms with E-state index in [1.54, 1.807) is 0 Å². The molecule has 0 saturated carbocycles. The molecule has 0 atom stereocenters. The monoisotopic (exact) mass is 355 g/mol. The molecule has 124 valence electrons. The highest BCUT2D eigenvalue weighted by Crippen LogP contribution is 2.24. The van der Waals surface area contributed by atoms with Crippen molar-refractivity contribution in [1.82, 2.24) is 18.8 Å². The van der Waals surface area contributed by atoms with Crippen LogP contribution in [0, 0.1) is 0 Å². The molecule has 0 saturated heterocycles. The Morgan fingerprint density at radius 3 is 2.96 bits per heavy atom. The highest BCUT2D eigenvalue weighted by Gasteiger charge is 2.26. The molecule has 7 nitrogen and oxygen atoms in total. The summed E-state index contributed by atoms with van der Waals surface area (Å²) in [7, 11) is -2.29. The first kappa shape index (κ1) is 16.2. The van der Waals surface area contributed by atoms with E-state index >= 15 is 0 Å². The third-order valence-corrected chi connectivity index (χ3v) is 5.92. The number of pyridine rings is 1. The Balaban J connectivity index is 1.85. The smallest absolute Gasteiger partial charge is 0.246 e. The number of anilines is 1. The zero-order valence-electron chi connectivity index (χ0n) is 12.7. The van der Waals surface area contributed by atoms with Crippen molar-refractivity contribution in [1.29, 1.82) is 0 Å². The molecule has 1 aliphatic rings. The summed E-state index contributed by atoms with van der Waals surface area (Å²) in [6, 6.07) is 1.31. The Labute approximate surface area is 140 Å². The van der Waals surface area contributed by atoms with Gasteiger partial charge < -0.3 is 10.3 Å². The van der Waals surface area contributed by atoms with Crippen LogP contribution >= 0.6 is 11.6 Å². The van der Waals surface area contributed by atoms with Crippen LogP contribution in [0.2, 0.25) is 5.02 Å². The number of sulfonamides is 1. The SMILES string of the molecule is CN(Cc1cn2c(n1)CCCC2)S(=O)(=O)c1cc(Cl)cnc1N. The van der Waals surface area contributed by atoms with E-state index in [2.05, 4.69) is 14.5 Å².